The predicted molar refractivity (Wildman–Crippen MR) is 85.1 cm³/mol. The Bertz CT molecular complexity index is 448. The summed E-state index contributed by atoms with van der Waals surface area (Å²) < 4.78 is 5.27. The molecule has 1 aromatic carbocycles. The number of hydrogen-bond donors (Lipinski definition) is 2. The van der Waals surface area contributed by atoms with E-state index in [1.54, 1.807) is 7.11 Å². The molecule has 0 aliphatic rings. The third kappa shape index (κ3) is 5.76. The van der Waals surface area contributed by atoms with Crippen molar-refractivity contribution < 1.29 is 14.6 Å². The van der Waals surface area contributed by atoms with Crippen LogP contribution in [0.25, 0.3) is 0 Å². The molecule has 0 fully saturated rings. The zero-order valence-electron chi connectivity index (χ0n) is 13.5. The topological polar surface area (TPSA) is 58.6 Å². The second-order valence-electron chi connectivity index (χ2n) is 5.55. The Kier molecular flexibility index (Phi) is 7.23. The molecule has 21 heavy (non-hydrogen) atoms. The minimum absolute atomic E-state index is 0.0279. The summed E-state index contributed by atoms with van der Waals surface area (Å²) in [6, 6.07) is 3.98. The van der Waals surface area contributed by atoms with E-state index in [-0.39, 0.29) is 12.5 Å². The Morgan fingerprint density at radius 1 is 1.33 bits per heavy atom. The molecule has 0 bridgehead atoms. The van der Waals surface area contributed by atoms with Crippen LogP contribution in [0.4, 0.5) is 0 Å². The van der Waals surface area contributed by atoms with Gasteiger partial charge in [-0.05, 0) is 62.1 Å². The molecule has 0 aliphatic heterocycles. The van der Waals surface area contributed by atoms with Gasteiger partial charge in [-0.25, -0.2) is 0 Å². The van der Waals surface area contributed by atoms with Crippen molar-refractivity contribution in [3.05, 3.63) is 28.8 Å². The average molecular weight is 293 g/mol. The maximum atomic E-state index is 11.0. The van der Waals surface area contributed by atoms with Gasteiger partial charge in [0.1, 0.15) is 5.75 Å². The quantitative estimate of drug-likeness (QED) is 0.687. The lowest BCUT2D eigenvalue weighted by molar-refractivity contribution is -0.137. The van der Waals surface area contributed by atoms with Gasteiger partial charge in [0.25, 0.3) is 0 Å². The third-order valence-electron chi connectivity index (χ3n) is 3.74. The SMILES string of the molecule is CCCCNC(CC(=O)O)Cc1c(C)cc(OC)cc1C. The third-order valence-corrected chi connectivity index (χ3v) is 3.74. The summed E-state index contributed by atoms with van der Waals surface area (Å²) in [7, 11) is 1.66. The van der Waals surface area contributed by atoms with Crippen molar-refractivity contribution in [1.29, 1.82) is 0 Å². The summed E-state index contributed by atoms with van der Waals surface area (Å²) in [5, 5.41) is 12.5. The summed E-state index contributed by atoms with van der Waals surface area (Å²) in [6.07, 6.45) is 3.05. The number of unbranched alkanes of at least 4 members (excludes halogenated alkanes) is 1. The summed E-state index contributed by atoms with van der Waals surface area (Å²) >= 11 is 0. The van der Waals surface area contributed by atoms with Crippen molar-refractivity contribution in [3.8, 4) is 5.75 Å². The maximum Gasteiger partial charge on any atom is 0.304 e. The van der Waals surface area contributed by atoms with E-state index in [0.29, 0.717) is 0 Å². The molecule has 1 atom stereocenters. The Balaban J connectivity index is 2.84. The first-order valence-electron chi connectivity index (χ1n) is 7.57. The van der Waals surface area contributed by atoms with Crippen LogP contribution in [0, 0.1) is 13.8 Å². The number of ether oxygens (including phenoxy) is 1. The molecule has 1 aromatic rings. The van der Waals surface area contributed by atoms with Gasteiger partial charge in [-0.3, -0.25) is 4.79 Å². The number of benzene rings is 1. The van der Waals surface area contributed by atoms with Crippen LogP contribution in [0.3, 0.4) is 0 Å². The largest absolute Gasteiger partial charge is 0.497 e. The molecule has 118 valence electrons. The maximum absolute atomic E-state index is 11.0. The molecule has 0 aromatic heterocycles. The minimum atomic E-state index is -0.757. The molecule has 0 saturated heterocycles. The number of carbonyl (C=O) groups is 1. The Morgan fingerprint density at radius 2 is 1.95 bits per heavy atom. The minimum Gasteiger partial charge on any atom is -0.497 e. The molecule has 1 rings (SSSR count). The van der Waals surface area contributed by atoms with Gasteiger partial charge in [0.05, 0.1) is 13.5 Å². The fourth-order valence-electron chi connectivity index (χ4n) is 2.55. The van der Waals surface area contributed by atoms with Crippen molar-refractivity contribution in [3.63, 3.8) is 0 Å². The molecule has 1 unspecified atom stereocenters. The van der Waals surface area contributed by atoms with Gasteiger partial charge in [0.2, 0.25) is 0 Å². The Labute approximate surface area is 127 Å². The fraction of sp³-hybridized carbons (Fsp3) is 0.588. The van der Waals surface area contributed by atoms with Gasteiger partial charge in [-0.2, -0.15) is 0 Å². The lowest BCUT2D eigenvalue weighted by Gasteiger charge is -2.20. The van der Waals surface area contributed by atoms with Crippen molar-refractivity contribution in [1.82, 2.24) is 5.32 Å². The highest BCUT2D eigenvalue weighted by Crippen LogP contribution is 2.23. The van der Waals surface area contributed by atoms with Gasteiger partial charge in [0, 0.05) is 6.04 Å². The fourth-order valence-corrected chi connectivity index (χ4v) is 2.55. The van der Waals surface area contributed by atoms with E-state index >= 15 is 0 Å². The normalized spacial score (nSPS) is 12.2. The zero-order chi connectivity index (χ0) is 15.8. The van der Waals surface area contributed by atoms with Crippen molar-refractivity contribution in [2.75, 3.05) is 13.7 Å². The molecule has 4 nitrogen and oxygen atoms in total. The highest BCUT2D eigenvalue weighted by molar-refractivity contribution is 5.67. The predicted octanol–water partition coefficient (Wildman–Crippen LogP) is 3.09. The molecule has 0 saturated carbocycles. The van der Waals surface area contributed by atoms with Crippen LogP contribution in [0.1, 0.15) is 42.9 Å². The van der Waals surface area contributed by atoms with Gasteiger partial charge in [-0.1, -0.05) is 13.3 Å². The second-order valence-corrected chi connectivity index (χ2v) is 5.55. The van der Waals surface area contributed by atoms with Crippen LogP contribution in [-0.2, 0) is 11.2 Å². The number of methoxy groups -OCH3 is 1. The van der Waals surface area contributed by atoms with Gasteiger partial charge in [-0.15, -0.1) is 0 Å². The zero-order valence-corrected chi connectivity index (χ0v) is 13.5. The van der Waals surface area contributed by atoms with E-state index in [4.69, 9.17) is 9.84 Å². The number of rotatable bonds is 9. The number of aliphatic carboxylic acids is 1. The first-order valence-corrected chi connectivity index (χ1v) is 7.57. The van der Waals surface area contributed by atoms with Crippen molar-refractivity contribution >= 4 is 5.97 Å². The van der Waals surface area contributed by atoms with Crippen molar-refractivity contribution in [2.24, 2.45) is 0 Å². The lowest BCUT2D eigenvalue weighted by Crippen LogP contribution is -2.34. The number of aryl methyl sites for hydroxylation is 2. The molecule has 0 radical (unpaired) electrons. The van der Waals surface area contributed by atoms with Crippen LogP contribution in [-0.4, -0.2) is 30.8 Å². The first-order chi connectivity index (χ1) is 9.97. The van der Waals surface area contributed by atoms with Crippen LogP contribution in [0.15, 0.2) is 12.1 Å². The summed E-state index contributed by atoms with van der Waals surface area (Å²) in [6.45, 7) is 7.10. The van der Waals surface area contributed by atoms with Crippen LogP contribution in [0.2, 0.25) is 0 Å². The molecule has 4 heteroatoms. The summed E-state index contributed by atoms with van der Waals surface area (Å²) in [5.74, 6) is 0.0929. The van der Waals surface area contributed by atoms with E-state index in [1.165, 1.54) is 5.56 Å². The highest BCUT2D eigenvalue weighted by atomic mass is 16.5. The smallest absolute Gasteiger partial charge is 0.304 e. The Hall–Kier alpha value is -1.55. The van der Waals surface area contributed by atoms with E-state index in [2.05, 4.69) is 26.1 Å². The molecular weight excluding hydrogens is 266 g/mol. The van der Waals surface area contributed by atoms with Gasteiger partial charge >= 0.3 is 5.97 Å². The van der Waals surface area contributed by atoms with E-state index in [1.807, 2.05) is 12.1 Å². The number of nitrogens with one attached hydrogen (secondary N) is 1. The van der Waals surface area contributed by atoms with E-state index < -0.39 is 5.97 Å². The summed E-state index contributed by atoms with van der Waals surface area (Å²) in [5.41, 5.74) is 3.52. The highest BCUT2D eigenvalue weighted by Gasteiger charge is 2.16. The molecule has 2 N–H and O–H groups in total. The molecule has 0 aliphatic carbocycles. The monoisotopic (exact) mass is 293 g/mol. The van der Waals surface area contributed by atoms with Gasteiger partial charge < -0.3 is 15.2 Å². The average Bonchev–Trinajstić information content (AvgIpc) is 2.41. The standard InChI is InChI=1S/C17H27NO3/c1-5-6-7-18-14(11-17(19)20)10-16-12(2)8-15(21-4)9-13(16)3/h8-9,14,18H,5-7,10-11H2,1-4H3,(H,19,20). The van der Waals surface area contributed by atoms with Crippen LogP contribution in [0.5, 0.6) is 5.75 Å². The lowest BCUT2D eigenvalue weighted by atomic mass is 9.94. The summed E-state index contributed by atoms with van der Waals surface area (Å²) in [4.78, 5) is 11.0. The Morgan fingerprint density at radius 3 is 2.43 bits per heavy atom. The number of hydrogen-bond acceptors (Lipinski definition) is 3. The molecule has 0 spiro atoms. The van der Waals surface area contributed by atoms with Crippen molar-refractivity contribution in [2.45, 2.75) is 52.5 Å². The number of carboxylic acids is 1. The van der Waals surface area contributed by atoms with Crippen LogP contribution < -0.4 is 10.1 Å². The molecular formula is C17H27NO3. The van der Waals surface area contributed by atoms with E-state index in [9.17, 15) is 4.79 Å². The van der Waals surface area contributed by atoms with Crippen LogP contribution >= 0.6 is 0 Å². The number of carboxylic acid groups (broad SMARTS) is 1. The first kappa shape index (κ1) is 17.5. The molecule has 0 heterocycles. The second kappa shape index (κ2) is 8.67. The van der Waals surface area contributed by atoms with Gasteiger partial charge in [0.15, 0.2) is 0 Å². The molecule has 0 amide bonds. The van der Waals surface area contributed by atoms with E-state index in [0.717, 1.165) is 42.7 Å².